The molecule has 0 spiro atoms. The molecule has 1 aliphatic heterocycles. The summed E-state index contributed by atoms with van der Waals surface area (Å²) >= 11 is 0. The van der Waals surface area contributed by atoms with Crippen LogP contribution in [0.5, 0.6) is 0 Å². The molecule has 1 aromatic rings. The Morgan fingerprint density at radius 2 is 2.16 bits per heavy atom. The minimum absolute atomic E-state index is 0.0977. The van der Waals surface area contributed by atoms with E-state index in [2.05, 4.69) is 0 Å². The Balaban J connectivity index is 1.88. The van der Waals surface area contributed by atoms with E-state index in [1.165, 1.54) is 10.6 Å². The molecule has 1 aliphatic rings. The van der Waals surface area contributed by atoms with Crippen LogP contribution >= 0.6 is 0 Å². The predicted molar refractivity (Wildman–Crippen MR) is 67.6 cm³/mol. The van der Waals surface area contributed by atoms with Gasteiger partial charge in [-0.25, -0.2) is 0 Å². The van der Waals surface area contributed by atoms with Crippen molar-refractivity contribution in [1.29, 1.82) is 0 Å². The van der Waals surface area contributed by atoms with Crippen molar-refractivity contribution < 1.29 is 14.7 Å². The third-order valence-electron chi connectivity index (χ3n) is 3.36. The fraction of sp³-hybridized carbons (Fsp3) is 0.462. The van der Waals surface area contributed by atoms with Crippen molar-refractivity contribution in [3.05, 3.63) is 34.7 Å². The number of hydrogen-bond acceptors (Lipinski definition) is 3. The van der Waals surface area contributed by atoms with E-state index in [1.54, 1.807) is 23.2 Å². The van der Waals surface area contributed by atoms with Crippen molar-refractivity contribution in [3.63, 3.8) is 0 Å². The lowest BCUT2D eigenvalue weighted by molar-refractivity contribution is -0.141. The predicted octanol–water partition coefficient (Wildman–Crippen LogP) is 0.171. The number of carbonyl (C=O) groups excluding carboxylic acids is 1. The van der Waals surface area contributed by atoms with Crippen LogP contribution in [0.3, 0.4) is 0 Å². The van der Waals surface area contributed by atoms with Gasteiger partial charge in [-0.2, -0.15) is 0 Å². The SMILES string of the molecule is O=C(O)[C@H]1CCN(C(=O)CCn2ccccc2=O)C1. The number of carbonyl (C=O) groups is 2. The molecule has 2 heterocycles. The van der Waals surface area contributed by atoms with Gasteiger partial charge in [0.05, 0.1) is 5.92 Å². The second-order valence-corrected chi connectivity index (χ2v) is 4.65. The van der Waals surface area contributed by atoms with E-state index in [0.29, 0.717) is 19.5 Å². The molecule has 0 unspecified atom stereocenters. The van der Waals surface area contributed by atoms with Crippen molar-refractivity contribution in [2.45, 2.75) is 19.4 Å². The minimum Gasteiger partial charge on any atom is -0.481 e. The lowest BCUT2D eigenvalue weighted by atomic mass is 10.1. The summed E-state index contributed by atoms with van der Waals surface area (Å²) in [7, 11) is 0. The van der Waals surface area contributed by atoms with E-state index in [-0.39, 0.29) is 24.4 Å². The molecular weight excluding hydrogens is 248 g/mol. The smallest absolute Gasteiger partial charge is 0.308 e. The maximum atomic E-state index is 11.9. The van der Waals surface area contributed by atoms with Crippen LogP contribution in [0.1, 0.15) is 12.8 Å². The lowest BCUT2D eigenvalue weighted by Crippen LogP contribution is -2.31. The maximum Gasteiger partial charge on any atom is 0.308 e. The molecule has 6 nitrogen and oxygen atoms in total. The first kappa shape index (κ1) is 13.3. The first-order valence-corrected chi connectivity index (χ1v) is 6.24. The molecule has 102 valence electrons. The molecular formula is C13H16N2O4. The van der Waals surface area contributed by atoms with Gasteiger partial charge in [-0.3, -0.25) is 14.4 Å². The first-order chi connectivity index (χ1) is 9.08. The van der Waals surface area contributed by atoms with Gasteiger partial charge in [0, 0.05) is 38.3 Å². The Morgan fingerprint density at radius 3 is 2.79 bits per heavy atom. The number of likely N-dealkylation sites (tertiary alicyclic amines) is 1. The number of rotatable bonds is 4. The fourth-order valence-corrected chi connectivity index (χ4v) is 2.21. The topological polar surface area (TPSA) is 79.6 Å². The summed E-state index contributed by atoms with van der Waals surface area (Å²) in [4.78, 5) is 35.7. The Kier molecular flexibility index (Phi) is 3.99. The standard InChI is InChI=1S/C13H16N2O4/c16-11-3-1-2-6-14(11)8-5-12(17)15-7-4-10(9-15)13(18)19/h1-3,6,10H,4-5,7-9H2,(H,18,19)/t10-/m0/s1. The largest absolute Gasteiger partial charge is 0.481 e. The van der Waals surface area contributed by atoms with Crippen molar-refractivity contribution in [2.75, 3.05) is 13.1 Å². The van der Waals surface area contributed by atoms with Crippen LogP contribution in [0.25, 0.3) is 0 Å². The number of hydrogen-bond donors (Lipinski definition) is 1. The van der Waals surface area contributed by atoms with E-state index in [9.17, 15) is 14.4 Å². The zero-order valence-corrected chi connectivity index (χ0v) is 10.5. The van der Waals surface area contributed by atoms with Gasteiger partial charge in [-0.15, -0.1) is 0 Å². The molecule has 1 aromatic heterocycles. The third-order valence-corrected chi connectivity index (χ3v) is 3.36. The van der Waals surface area contributed by atoms with E-state index < -0.39 is 11.9 Å². The van der Waals surface area contributed by atoms with Gasteiger partial charge >= 0.3 is 5.97 Å². The molecule has 1 N–H and O–H groups in total. The third kappa shape index (κ3) is 3.21. The molecule has 1 fully saturated rings. The summed E-state index contributed by atoms with van der Waals surface area (Å²) in [5.41, 5.74) is -0.139. The number of aliphatic carboxylic acids is 1. The summed E-state index contributed by atoms with van der Waals surface area (Å²) in [5.74, 6) is -1.41. The second kappa shape index (κ2) is 5.69. The lowest BCUT2D eigenvalue weighted by Gasteiger charge is -2.16. The molecule has 0 bridgehead atoms. The normalized spacial score (nSPS) is 18.5. The zero-order valence-electron chi connectivity index (χ0n) is 10.5. The number of pyridine rings is 1. The quantitative estimate of drug-likeness (QED) is 0.840. The van der Waals surface area contributed by atoms with Crippen LogP contribution < -0.4 is 5.56 Å². The summed E-state index contributed by atoms with van der Waals surface area (Å²) in [5, 5.41) is 8.87. The first-order valence-electron chi connectivity index (χ1n) is 6.24. The van der Waals surface area contributed by atoms with Gasteiger partial charge in [0.25, 0.3) is 5.56 Å². The molecule has 1 amide bonds. The molecule has 1 saturated heterocycles. The van der Waals surface area contributed by atoms with Gasteiger partial charge in [0.15, 0.2) is 0 Å². The molecule has 2 rings (SSSR count). The van der Waals surface area contributed by atoms with Crippen LogP contribution in [0.2, 0.25) is 0 Å². The van der Waals surface area contributed by atoms with Gasteiger partial charge in [0.1, 0.15) is 0 Å². The monoisotopic (exact) mass is 264 g/mol. The summed E-state index contributed by atoms with van der Waals surface area (Å²) in [6.07, 6.45) is 2.36. The Morgan fingerprint density at radius 1 is 1.37 bits per heavy atom. The van der Waals surface area contributed by atoms with Crippen LogP contribution in [0.4, 0.5) is 0 Å². The van der Waals surface area contributed by atoms with E-state index in [4.69, 9.17) is 5.11 Å². The molecule has 0 aromatic carbocycles. The van der Waals surface area contributed by atoms with Crippen LogP contribution in [-0.4, -0.2) is 39.5 Å². The molecule has 0 radical (unpaired) electrons. The number of nitrogens with zero attached hydrogens (tertiary/aromatic N) is 2. The molecule has 0 saturated carbocycles. The fourth-order valence-electron chi connectivity index (χ4n) is 2.21. The molecule has 0 aliphatic carbocycles. The maximum absolute atomic E-state index is 11.9. The van der Waals surface area contributed by atoms with Gasteiger partial charge in [0.2, 0.25) is 5.91 Å². The summed E-state index contributed by atoms with van der Waals surface area (Å²) in [6.45, 7) is 1.09. The zero-order chi connectivity index (χ0) is 13.8. The van der Waals surface area contributed by atoms with Crippen LogP contribution in [0.15, 0.2) is 29.2 Å². The Labute approximate surface area is 110 Å². The average Bonchev–Trinajstić information content (AvgIpc) is 2.87. The van der Waals surface area contributed by atoms with Crippen LogP contribution in [-0.2, 0) is 16.1 Å². The highest BCUT2D eigenvalue weighted by molar-refractivity contribution is 5.78. The van der Waals surface area contributed by atoms with Gasteiger partial charge < -0.3 is 14.6 Å². The average molecular weight is 264 g/mol. The van der Waals surface area contributed by atoms with E-state index in [0.717, 1.165) is 0 Å². The highest BCUT2D eigenvalue weighted by Crippen LogP contribution is 2.17. The number of carboxylic acid groups (broad SMARTS) is 1. The van der Waals surface area contributed by atoms with Gasteiger partial charge in [-0.05, 0) is 12.5 Å². The molecule has 6 heteroatoms. The van der Waals surface area contributed by atoms with E-state index in [1.807, 2.05) is 0 Å². The van der Waals surface area contributed by atoms with E-state index >= 15 is 0 Å². The summed E-state index contributed by atoms with van der Waals surface area (Å²) in [6, 6.07) is 4.83. The highest BCUT2D eigenvalue weighted by Gasteiger charge is 2.30. The Hall–Kier alpha value is -2.11. The van der Waals surface area contributed by atoms with Crippen molar-refractivity contribution in [2.24, 2.45) is 5.92 Å². The Bertz CT molecular complexity index is 537. The highest BCUT2D eigenvalue weighted by atomic mass is 16.4. The number of aryl methyl sites for hydroxylation is 1. The second-order valence-electron chi connectivity index (χ2n) is 4.65. The number of amides is 1. The molecule has 1 atom stereocenters. The van der Waals surface area contributed by atoms with Crippen molar-refractivity contribution in [1.82, 2.24) is 9.47 Å². The van der Waals surface area contributed by atoms with Crippen LogP contribution in [0, 0.1) is 5.92 Å². The number of aromatic nitrogens is 1. The van der Waals surface area contributed by atoms with Gasteiger partial charge in [-0.1, -0.05) is 6.07 Å². The van der Waals surface area contributed by atoms with Crippen molar-refractivity contribution >= 4 is 11.9 Å². The minimum atomic E-state index is -0.852. The van der Waals surface area contributed by atoms with Crippen molar-refractivity contribution in [3.8, 4) is 0 Å². The number of carboxylic acids is 1. The summed E-state index contributed by atoms with van der Waals surface area (Å²) < 4.78 is 1.47. The molecule has 19 heavy (non-hydrogen) atoms.